The maximum Gasteiger partial charge on any atom is 0.226 e. The highest BCUT2D eigenvalue weighted by molar-refractivity contribution is 7.99. The molecule has 1 fully saturated rings. The first-order chi connectivity index (χ1) is 8.25. The maximum absolute atomic E-state index is 5.93. The van der Waals surface area contributed by atoms with Crippen molar-refractivity contribution in [1.82, 2.24) is 20.2 Å². The number of nitrogens with one attached hydrogen (secondary N) is 1. The van der Waals surface area contributed by atoms with Gasteiger partial charge in [0.2, 0.25) is 5.28 Å². The van der Waals surface area contributed by atoms with E-state index < -0.39 is 0 Å². The Morgan fingerprint density at radius 3 is 3.18 bits per heavy atom. The summed E-state index contributed by atoms with van der Waals surface area (Å²) >= 11 is 7.90. The van der Waals surface area contributed by atoms with Gasteiger partial charge >= 0.3 is 0 Å². The molecule has 0 amide bonds. The molecule has 2 aromatic heterocycles. The van der Waals surface area contributed by atoms with E-state index in [4.69, 9.17) is 11.6 Å². The Morgan fingerprint density at radius 2 is 2.41 bits per heavy atom. The predicted molar refractivity (Wildman–Crippen MR) is 70.8 cm³/mol. The third kappa shape index (κ3) is 1.95. The summed E-state index contributed by atoms with van der Waals surface area (Å²) in [5.74, 6) is 3.21. The molecular weight excluding hydrogens is 258 g/mol. The topological polar surface area (TPSA) is 57.7 Å². The molecule has 17 heavy (non-hydrogen) atoms. The third-order valence-electron chi connectivity index (χ3n) is 3.05. The number of anilines is 1. The van der Waals surface area contributed by atoms with Gasteiger partial charge in [-0.3, -0.25) is 5.10 Å². The molecule has 0 bridgehead atoms. The van der Waals surface area contributed by atoms with Crippen molar-refractivity contribution in [3.63, 3.8) is 0 Å². The van der Waals surface area contributed by atoms with Crippen molar-refractivity contribution >= 4 is 40.2 Å². The minimum Gasteiger partial charge on any atom is -0.355 e. The summed E-state index contributed by atoms with van der Waals surface area (Å²) in [6, 6.07) is 0.518. The molecule has 3 rings (SSSR count). The van der Waals surface area contributed by atoms with Crippen molar-refractivity contribution in [2.75, 3.05) is 23.5 Å². The minimum absolute atomic E-state index is 0.259. The second kappa shape index (κ2) is 4.34. The van der Waals surface area contributed by atoms with Crippen molar-refractivity contribution in [3.05, 3.63) is 11.5 Å². The van der Waals surface area contributed by atoms with Gasteiger partial charge in [-0.25, -0.2) is 0 Å². The second-order valence-electron chi connectivity index (χ2n) is 4.08. The first kappa shape index (κ1) is 11.1. The minimum atomic E-state index is 0.259. The second-order valence-corrected chi connectivity index (χ2v) is 5.56. The van der Waals surface area contributed by atoms with Crippen LogP contribution in [-0.4, -0.2) is 44.8 Å². The average Bonchev–Trinajstić information content (AvgIpc) is 2.97. The number of rotatable bonds is 2. The van der Waals surface area contributed by atoms with Crippen LogP contribution in [-0.2, 0) is 0 Å². The van der Waals surface area contributed by atoms with Crippen LogP contribution in [0.25, 0.3) is 11.0 Å². The molecule has 0 radical (unpaired) electrons. The number of hydrogen-bond acceptors (Lipinski definition) is 5. The van der Waals surface area contributed by atoms with Crippen molar-refractivity contribution in [2.45, 2.75) is 12.5 Å². The summed E-state index contributed by atoms with van der Waals surface area (Å²) in [5.41, 5.74) is 0.692. The molecule has 0 aliphatic carbocycles. The molecule has 7 heteroatoms. The number of thioether (sulfide) groups is 1. The maximum atomic E-state index is 5.93. The number of nitrogens with zero attached hydrogens (tertiary/aromatic N) is 4. The Morgan fingerprint density at radius 1 is 1.53 bits per heavy atom. The normalized spacial score (nSPS) is 20.0. The van der Waals surface area contributed by atoms with Gasteiger partial charge in [-0.05, 0) is 23.8 Å². The first-order valence-electron chi connectivity index (χ1n) is 5.43. The Hall–Kier alpha value is -1.01. The highest BCUT2D eigenvalue weighted by Gasteiger charge is 2.23. The van der Waals surface area contributed by atoms with E-state index in [1.165, 1.54) is 12.2 Å². The molecule has 0 saturated carbocycles. The fourth-order valence-corrected chi connectivity index (χ4v) is 3.49. The summed E-state index contributed by atoms with van der Waals surface area (Å²) in [5, 5.41) is 8.01. The van der Waals surface area contributed by atoms with Crippen LogP contribution in [0.5, 0.6) is 0 Å². The molecule has 1 N–H and O–H groups in total. The summed E-state index contributed by atoms with van der Waals surface area (Å²) in [6.45, 7) is 0. The smallest absolute Gasteiger partial charge is 0.226 e. The fourth-order valence-electron chi connectivity index (χ4n) is 2.06. The molecule has 3 heterocycles. The van der Waals surface area contributed by atoms with E-state index in [9.17, 15) is 0 Å². The molecule has 1 unspecified atom stereocenters. The Labute approximate surface area is 108 Å². The van der Waals surface area contributed by atoms with Crippen LogP contribution in [0.2, 0.25) is 5.28 Å². The molecule has 1 aliphatic heterocycles. The van der Waals surface area contributed by atoms with Crippen LogP contribution in [0.15, 0.2) is 6.20 Å². The zero-order valence-corrected chi connectivity index (χ0v) is 10.9. The molecule has 1 aliphatic rings. The number of hydrogen-bond donors (Lipinski definition) is 1. The zero-order chi connectivity index (χ0) is 11.8. The number of fused-ring (bicyclic) bond motifs is 1. The quantitative estimate of drug-likeness (QED) is 0.845. The van der Waals surface area contributed by atoms with Gasteiger partial charge < -0.3 is 4.90 Å². The summed E-state index contributed by atoms with van der Waals surface area (Å²) < 4.78 is 0. The van der Waals surface area contributed by atoms with E-state index in [1.54, 1.807) is 6.20 Å². The van der Waals surface area contributed by atoms with Crippen LogP contribution in [0.3, 0.4) is 0 Å². The molecule has 90 valence electrons. The van der Waals surface area contributed by atoms with E-state index in [1.807, 2.05) is 11.8 Å². The lowest BCUT2D eigenvalue weighted by atomic mass is 10.2. The zero-order valence-electron chi connectivity index (χ0n) is 9.35. The number of aromatic nitrogens is 4. The van der Waals surface area contributed by atoms with Crippen LogP contribution >= 0.6 is 23.4 Å². The molecule has 0 spiro atoms. The lowest BCUT2D eigenvalue weighted by Crippen LogP contribution is -2.32. The SMILES string of the molecule is CN(c1nc(Cl)nc2[nH]ncc12)C1CCSC1. The Kier molecular flexibility index (Phi) is 2.84. The molecule has 0 aromatic carbocycles. The van der Waals surface area contributed by atoms with Gasteiger partial charge in [-0.1, -0.05) is 0 Å². The van der Waals surface area contributed by atoms with E-state index in [0.29, 0.717) is 11.7 Å². The third-order valence-corrected chi connectivity index (χ3v) is 4.36. The standard InChI is InChI=1S/C10H12ClN5S/c1-16(6-2-3-17-5-6)9-7-4-12-15-8(7)13-10(11)14-9/h4,6H,2-3,5H2,1H3,(H,12,13,14,15). The van der Waals surface area contributed by atoms with Gasteiger partial charge in [0.1, 0.15) is 5.82 Å². The fraction of sp³-hybridized carbons (Fsp3) is 0.500. The average molecular weight is 270 g/mol. The first-order valence-corrected chi connectivity index (χ1v) is 6.96. The van der Waals surface area contributed by atoms with E-state index in [2.05, 4.69) is 32.1 Å². The van der Waals surface area contributed by atoms with Gasteiger partial charge in [0, 0.05) is 18.8 Å². The van der Waals surface area contributed by atoms with Gasteiger partial charge in [0.15, 0.2) is 5.65 Å². The molecule has 1 saturated heterocycles. The lowest BCUT2D eigenvalue weighted by molar-refractivity contribution is 0.693. The van der Waals surface area contributed by atoms with Gasteiger partial charge in [0.25, 0.3) is 0 Å². The molecule has 1 atom stereocenters. The summed E-state index contributed by atoms with van der Waals surface area (Å²) in [4.78, 5) is 10.6. The van der Waals surface area contributed by atoms with Gasteiger partial charge in [-0.15, -0.1) is 0 Å². The van der Waals surface area contributed by atoms with Crippen molar-refractivity contribution < 1.29 is 0 Å². The van der Waals surface area contributed by atoms with E-state index in [0.717, 1.165) is 17.0 Å². The molecular formula is C10H12ClN5S. The van der Waals surface area contributed by atoms with Crippen molar-refractivity contribution in [1.29, 1.82) is 0 Å². The van der Waals surface area contributed by atoms with Crippen LogP contribution < -0.4 is 4.90 Å². The largest absolute Gasteiger partial charge is 0.355 e. The summed E-state index contributed by atoms with van der Waals surface area (Å²) in [7, 11) is 2.06. The van der Waals surface area contributed by atoms with Gasteiger partial charge in [0.05, 0.1) is 11.6 Å². The van der Waals surface area contributed by atoms with E-state index in [-0.39, 0.29) is 5.28 Å². The molecule has 5 nitrogen and oxygen atoms in total. The van der Waals surface area contributed by atoms with Crippen molar-refractivity contribution in [3.8, 4) is 0 Å². The number of halogens is 1. The van der Waals surface area contributed by atoms with E-state index >= 15 is 0 Å². The number of H-pyrrole nitrogens is 1. The lowest BCUT2D eigenvalue weighted by Gasteiger charge is -2.25. The number of aromatic amines is 1. The highest BCUT2D eigenvalue weighted by Crippen LogP contribution is 2.29. The molecule has 2 aromatic rings. The summed E-state index contributed by atoms with van der Waals surface area (Å²) in [6.07, 6.45) is 2.93. The highest BCUT2D eigenvalue weighted by atomic mass is 35.5. The van der Waals surface area contributed by atoms with Crippen LogP contribution in [0, 0.1) is 0 Å². The van der Waals surface area contributed by atoms with Crippen LogP contribution in [0.1, 0.15) is 6.42 Å². The Balaban J connectivity index is 2.05. The van der Waals surface area contributed by atoms with Gasteiger partial charge in [-0.2, -0.15) is 26.8 Å². The Bertz CT molecular complexity index is 536. The monoisotopic (exact) mass is 269 g/mol. The van der Waals surface area contributed by atoms with Crippen molar-refractivity contribution in [2.24, 2.45) is 0 Å². The van der Waals surface area contributed by atoms with Crippen LogP contribution in [0.4, 0.5) is 5.82 Å². The predicted octanol–water partition coefficient (Wildman–Crippen LogP) is 1.95.